The molecule has 0 spiro atoms. The van der Waals surface area contributed by atoms with Crippen LogP contribution in [0.25, 0.3) is 132 Å². The Hall–Kier alpha value is -13.0. The SMILES string of the molecule is Cc1cc(C)c(C)c(-c2c3cc(C(C)C)ccc3cc[n+]2C)c1.Cc1cc(C)c(C)c(-c2c3ccc(C(C)C)cc3cc[n+]2C)c1.Cc1cc(C)c(C)c(-c2c3ccccc3cc[n+]2C)c1.Cc1cc(C)c(C)c(-c2c3ccccc3nc[n+]2C)c1.Cc1cc(C)c(C)c(-c2ccc3c(C)cc(C)cc3[n+]2C)c1.Cc1ccccc1-c1c2ccccc2cc[n+]1C. The summed E-state index contributed by atoms with van der Waals surface area (Å²) >= 11 is 0. The third-order valence-electron chi connectivity index (χ3n) is 26.0. The van der Waals surface area contributed by atoms with Crippen molar-refractivity contribution in [1.82, 2.24) is 4.98 Å². The number of para-hydroxylation sites is 1. The molecule has 126 heavy (non-hydrogen) atoms. The molecule has 0 N–H and O–H groups in total. The summed E-state index contributed by atoms with van der Waals surface area (Å²) in [6.45, 7) is 48.4. The molecule has 0 radical (unpaired) electrons. The second-order valence-corrected chi connectivity index (χ2v) is 36.4. The summed E-state index contributed by atoms with van der Waals surface area (Å²) < 4.78 is 13.4. The molecule has 0 atom stereocenters. The normalized spacial score (nSPS) is 11.2. The number of aromatic nitrogens is 7. The van der Waals surface area contributed by atoms with Crippen LogP contribution in [-0.4, -0.2) is 4.98 Å². The molecule has 18 aromatic rings. The highest BCUT2D eigenvalue weighted by Crippen LogP contribution is 2.38. The predicted molar refractivity (Wildman–Crippen MR) is 535 cm³/mol. The van der Waals surface area contributed by atoms with Crippen LogP contribution in [0.2, 0.25) is 0 Å². The van der Waals surface area contributed by atoms with Gasteiger partial charge in [0.1, 0.15) is 40.9 Å². The first-order valence-corrected chi connectivity index (χ1v) is 44.8. The van der Waals surface area contributed by atoms with Crippen LogP contribution < -0.4 is 27.4 Å². The van der Waals surface area contributed by atoms with Crippen molar-refractivity contribution in [1.29, 1.82) is 0 Å². The number of benzene rings is 12. The van der Waals surface area contributed by atoms with E-state index in [1.165, 1.54) is 238 Å². The van der Waals surface area contributed by atoms with Gasteiger partial charge in [-0.25, -0.2) is 22.8 Å². The molecule has 0 fully saturated rings. The van der Waals surface area contributed by atoms with Crippen LogP contribution in [-0.2, 0) is 42.3 Å². The van der Waals surface area contributed by atoms with Crippen LogP contribution in [0.15, 0.2) is 274 Å². The van der Waals surface area contributed by atoms with E-state index in [4.69, 9.17) is 0 Å². The van der Waals surface area contributed by atoms with Gasteiger partial charge in [0.25, 0.3) is 6.33 Å². The van der Waals surface area contributed by atoms with Crippen LogP contribution in [0.5, 0.6) is 0 Å². The first kappa shape index (κ1) is 90.7. The van der Waals surface area contributed by atoms with Gasteiger partial charge in [0.05, 0.1) is 50.7 Å². The third-order valence-corrected chi connectivity index (χ3v) is 26.0. The molecule has 0 saturated heterocycles. The van der Waals surface area contributed by atoms with E-state index in [2.05, 4.69) is 488 Å². The number of rotatable bonds is 8. The summed E-state index contributed by atoms with van der Waals surface area (Å²) in [7, 11) is 12.8. The van der Waals surface area contributed by atoms with Gasteiger partial charge in [0.2, 0.25) is 34.0 Å². The minimum Gasteiger partial charge on any atom is -0.232 e. The number of pyridine rings is 5. The van der Waals surface area contributed by atoms with Gasteiger partial charge < -0.3 is 0 Å². The van der Waals surface area contributed by atoms with Crippen LogP contribution in [0.3, 0.4) is 0 Å². The Morgan fingerprint density at radius 2 is 0.563 bits per heavy atom. The van der Waals surface area contributed by atoms with Gasteiger partial charge >= 0.3 is 0 Å². The minimum atomic E-state index is 0.540. The van der Waals surface area contributed by atoms with Crippen LogP contribution in [0.4, 0.5) is 0 Å². The molecule has 7 nitrogen and oxygen atoms in total. The third kappa shape index (κ3) is 19.4. The summed E-state index contributed by atoms with van der Waals surface area (Å²) in [4.78, 5) is 4.50. The van der Waals surface area contributed by atoms with Gasteiger partial charge in [0, 0.05) is 58.5 Å². The summed E-state index contributed by atoms with van der Waals surface area (Å²) in [5, 5.41) is 13.0. The maximum Gasteiger partial charge on any atom is 0.287 e. The molecule has 12 aromatic carbocycles. The molecule has 0 unspecified atom stereocenters. The molecular formula is C119H131N7+6. The molecule has 6 aromatic heterocycles. The van der Waals surface area contributed by atoms with Gasteiger partial charge in [-0.1, -0.05) is 183 Å². The van der Waals surface area contributed by atoms with Gasteiger partial charge in [-0.05, 0) is 325 Å². The first-order valence-electron chi connectivity index (χ1n) is 44.8. The van der Waals surface area contributed by atoms with Crippen molar-refractivity contribution in [3.8, 4) is 67.5 Å². The summed E-state index contributed by atoms with van der Waals surface area (Å²) in [5.74, 6) is 1.10. The van der Waals surface area contributed by atoms with Crippen LogP contribution in [0.1, 0.15) is 151 Å². The van der Waals surface area contributed by atoms with E-state index in [0.717, 1.165) is 5.52 Å². The largest absolute Gasteiger partial charge is 0.287 e. The lowest BCUT2D eigenvalue weighted by Gasteiger charge is -2.13. The Morgan fingerprint density at radius 1 is 0.230 bits per heavy atom. The van der Waals surface area contributed by atoms with Gasteiger partial charge in [0.15, 0.2) is 30.3 Å². The van der Waals surface area contributed by atoms with E-state index in [0.29, 0.717) is 11.8 Å². The summed E-state index contributed by atoms with van der Waals surface area (Å²) in [6.07, 6.45) is 10.5. The molecule has 0 aliphatic carbocycles. The number of fused-ring (bicyclic) bond motifs is 6. The maximum absolute atomic E-state index is 4.50. The van der Waals surface area contributed by atoms with E-state index in [1.54, 1.807) is 0 Å². The predicted octanol–water partition coefficient (Wildman–Crippen LogP) is 27.2. The average molecular weight is 1660 g/mol. The number of hydrogen-bond donors (Lipinski definition) is 0. The maximum atomic E-state index is 4.50. The first-order chi connectivity index (χ1) is 60.1. The zero-order chi connectivity index (χ0) is 90.5. The number of nitrogens with zero attached hydrogens (tertiary/aromatic N) is 7. The Labute approximate surface area is 751 Å². The fraction of sp³-hybridized carbons (Fsp3) is 0.252. The molecule has 7 heteroatoms. The molecule has 6 heterocycles. The fourth-order valence-electron chi connectivity index (χ4n) is 18.4. The van der Waals surface area contributed by atoms with Crippen LogP contribution in [0, 0.1) is 125 Å². The standard InChI is InChI=1S/2C22H26N.C21H24N.C19H20N.C18H19N2.C17H16N/c1-14(2)18-7-8-20-19(13-18)9-10-23(6)22(20)21-12-15(3)11-16(4)17(21)5;1-14(2)19-8-7-18-9-10-23(6)22(21(18)13-19)20-12-15(3)11-16(4)17(20)5;1-13-9-15(3)17(5)19(11-13)20-8-7-18-16(4)10-14(2)12-21(18)22(20)6;1-13-11-14(2)15(3)18(12-13)19-17-8-6-5-7-16(17)9-10-20(19)4;1-12-9-13(2)14(3)16(10-12)18-15-7-5-6-8-17(15)19-11-20(18)4;1-13-7-3-5-9-15(13)17-16-10-6-4-8-14(16)11-12-18(17)2/h2*7-14H,1-6H3;7-12H,1-6H3;5-12H,1-4H3;5-11H,1-4H3;3-12H,1-2H3/q6*+1. The smallest absolute Gasteiger partial charge is 0.232 e. The lowest BCUT2D eigenvalue weighted by Crippen LogP contribution is -2.32. The van der Waals surface area contributed by atoms with E-state index in [9.17, 15) is 0 Å². The Morgan fingerprint density at radius 3 is 1.02 bits per heavy atom. The Kier molecular flexibility index (Phi) is 27.8. The van der Waals surface area contributed by atoms with E-state index in [-0.39, 0.29) is 0 Å². The second-order valence-electron chi connectivity index (χ2n) is 36.4. The quantitative estimate of drug-likeness (QED) is 0.140. The topological polar surface area (TPSA) is 36.2 Å². The molecule has 0 aliphatic rings. The highest BCUT2D eigenvalue weighted by atomic mass is 15.0. The highest BCUT2D eigenvalue weighted by molar-refractivity contribution is 5.98. The van der Waals surface area contributed by atoms with Crippen molar-refractivity contribution in [3.63, 3.8) is 0 Å². The van der Waals surface area contributed by atoms with Crippen molar-refractivity contribution in [3.05, 3.63) is 385 Å². The zero-order valence-corrected chi connectivity index (χ0v) is 80.3. The molecule has 0 aliphatic heterocycles. The molecule has 0 saturated carbocycles. The van der Waals surface area contributed by atoms with Crippen molar-refractivity contribution < 1.29 is 27.4 Å². The van der Waals surface area contributed by atoms with E-state index >= 15 is 0 Å². The molecule has 18 rings (SSSR count). The Balaban J connectivity index is 0.000000130. The number of hydrogen-bond acceptors (Lipinski definition) is 1. The van der Waals surface area contributed by atoms with Gasteiger partial charge in [-0.3, -0.25) is 0 Å². The molecule has 636 valence electrons. The Bertz CT molecular complexity index is 7060. The van der Waals surface area contributed by atoms with Crippen molar-refractivity contribution >= 4 is 64.9 Å². The van der Waals surface area contributed by atoms with Crippen molar-refractivity contribution in [2.24, 2.45) is 42.3 Å². The lowest BCUT2D eigenvalue weighted by molar-refractivity contribution is -0.662. The number of aryl methyl sites for hydroxylation is 19. The monoisotopic (exact) mass is 1660 g/mol. The van der Waals surface area contributed by atoms with Gasteiger partial charge in [-0.2, -0.15) is 4.57 Å². The molecule has 0 bridgehead atoms. The van der Waals surface area contributed by atoms with E-state index < -0.39 is 0 Å². The lowest BCUT2D eigenvalue weighted by atomic mass is 9.92. The van der Waals surface area contributed by atoms with Crippen LogP contribution >= 0.6 is 0 Å². The fourth-order valence-corrected chi connectivity index (χ4v) is 18.4. The zero-order valence-electron chi connectivity index (χ0n) is 80.3. The van der Waals surface area contributed by atoms with E-state index in [1.807, 2.05) is 12.4 Å². The molecule has 0 amide bonds. The summed E-state index contributed by atoms with van der Waals surface area (Å²) in [5.41, 5.74) is 44.9. The highest BCUT2D eigenvalue weighted by Gasteiger charge is 2.26. The van der Waals surface area contributed by atoms with Gasteiger partial charge in [-0.15, -0.1) is 0 Å². The second kappa shape index (κ2) is 38.7. The minimum absolute atomic E-state index is 0.540. The average Bonchev–Trinajstić information content (AvgIpc) is 0.765. The molecular weight excluding hydrogens is 1530 g/mol. The van der Waals surface area contributed by atoms with Crippen molar-refractivity contribution in [2.45, 2.75) is 164 Å². The summed E-state index contributed by atoms with van der Waals surface area (Å²) in [6, 6.07) is 88.4. The van der Waals surface area contributed by atoms with Crippen molar-refractivity contribution in [2.75, 3.05) is 0 Å².